The third-order valence-electron chi connectivity index (χ3n) is 1.74. The molecule has 3 nitrogen and oxygen atoms in total. The molecule has 82 valence electrons. The summed E-state index contributed by atoms with van der Waals surface area (Å²) in [6.07, 6.45) is -0.633. The fourth-order valence-electron chi connectivity index (χ4n) is 0.980. The fourth-order valence-corrected chi connectivity index (χ4v) is 1.10. The van der Waals surface area contributed by atoms with Crippen LogP contribution in [0.2, 0.25) is 5.02 Å². The minimum absolute atomic E-state index is 0.0259. The SMILES string of the molecule is C[C@H](O)CNC(=O)c1ccc(Cl)c(F)c1. The fraction of sp³-hybridized carbons (Fsp3) is 0.300. The summed E-state index contributed by atoms with van der Waals surface area (Å²) < 4.78 is 13.0. The molecule has 0 unspecified atom stereocenters. The van der Waals surface area contributed by atoms with Crippen molar-refractivity contribution in [1.29, 1.82) is 0 Å². The number of benzene rings is 1. The van der Waals surface area contributed by atoms with E-state index in [1.165, 1.54) is 12.1 Å². The highest BCUT2D eigenvalue weighted by molar-refractivity contribution is 6.30. The van der Waals surface area contributed by atoms with Gasteiger partial charge >= 0.3 is 0 Å². The third kappa shape index (κ3) is 3.49. The highest BCUT2D eigenvalue weighted by Gasteiger charge is 2.08. The van der Waals surface area contributed by atoms with Crippen LogP contribution < -0.4 is 5.32 Å². The summed E-state index contributed by atoms with van der Waals surface area (Å²) in [6, 6.07) is 3.79. The number of carbonyl (C=O) groups excluding carboxylic acids is 1. The zero-order valence-electron chi connectivity index (χ0n) is 8.13. The van der Waals surface area contributed by atoms with Crippen molar-refractivity contribution in [2.75, 3.05) is 6.54 Å². The molecule has 5 heteroatoms. The molecule has 0 bridgehead atoms. The number of hydrogen-bond acceptors (Lipinski definition) is 2. The monoisotopic (exact) mass is 231 g/mol. The van der Waals surface area contributed by atoms with Gasteiger partial charge in [0.1, 0.15) is 5.82 Å². The third-order valence-corrected chi connectivity index (χ3v) is 2.05. The van der Waals surface area contributed by atoms with Crippen LogP contribution in [-0.4, -0.2) is 23.7 Å². The Morgan fingerprint density at radius 2 is 2.33 bits per heavy atom. The van der Waals surface area contributed by atoms with Crippen molar-refractivity contribution in [3.63, 3.8) is 0 Å². The zero-order chi connectivity index (χ0) is 11.4. The molecule has 1 amide bonds. The van der Waals surface area contributed by atoms with E-state index in [9.17, 15) is 9.18 Å². The Labute approximate surface area is 91.9 Å². The topological polar surface area (TPSA) is 49.3 Å². The van der Waals surface area contributed by atoms with Crippen molar-refractivity contribution in [2.45, 2.75) is 13.0 Å². The second kappa shape index (κ2) is 5.09. The Kier molecular flexibility index (Phi) is 4.05. The Bertz CT molecular complexity index is 368. The normalized spacial score (nSPS) is 12.3. The molecule has 0 fully saturated rings. The molecule has 2 N–H and O–H groups in total. The number of aliphatic hydroxyl groups excluding tert-OH is 1. The number of carbonyl (C=O) groups is 1. The van der Waals surface area contributed by atoms with E-state index >= 15 is 0 Å². The van der Waals surface area contributed by atoms with Gasteiger partial charge < -0.3 is 10.4 Å². The lowest BCUT2D eigenvalue weighted by molar-refractivity contribution is 0.0923. The van der Waals surface area contributed by atoms with Crippen LogP contribution in [-0.2, 0) is 0 Å². The minimum Gasteiger partial charge on any atom is -0.392 e. The predicted molar refractivity (Wildman–Crippen MR) is 55.4 cm³/mol. The van der Waals surface area contributed by atoms with Crippen LogP contribution in [0.25, 0.3) is 0 Å². The molecule has 0 heterocycles. The lowest BCUT2D eigenvalue weighted by atomic mass is 10.2. The van der Waals surface area contributed by atoms with Gasteiger partial charge in [0.2, 0.25) is 0 Å². The van der Waals surface area contributed by atoms with Crippen molar-refractivity contribution in [2.24, 2.45) is 0 Å². The molecule has 15 heavy (non-hydrogen) atoms. The summed E-state index contributed by atoms with van der Waals surface area (Å²) in [4.78, 5) is 11.4. The largest absolute Gasteiger partial charge is 0.392 e. The van der Waals surface area contributed by atoms with Gasteiger partial charge in [-0.1, -0.05) is 11.6 Å². The van der Waals surface area contributed by atoms with E-state index in [0.717, 1.165) is 6.07 Å². The maximum atomic E-state index is 13.0. The average molecular weight is 232 g/mol. The van der Waals surface area contributed by atoms with Gasteiger partial charge in [0.25, 0.3) is 5.91 Å². The van der Waals surface area contributed by atoms with E-state index in [2.05, 4.69) is 5.32 Å². The highest BCUT2D eigenvalue weighted by Crippen LogP contribution is 2.15. The predicted octanol–water partition coefficient (Wildman–Crippen LogP) is 1.59. The van der Waals surface area contributed by atoms with Gasteiger partial charge in [-0.3, -0.25) is 4.79 Å². The maximum Gasteiger partial charge on any atom is 0.251 e. The molecule has 1 rings (SSSR count). The second-order valence-corrected chi connectivity index (χ2v) is 3.60. The van der Waals surface area contributed by atoms with Crippen molar-refractivity contribution in [1.82, 2.24) is 5.32 Å². The maximum absolute atomic E-state index is 13.0. The Hall–Kier alpha value is -1.13. The van der Waals surface area contributed by atoms with Gasteiger partial charge in [-0.2, -0.15) is 0 Å². The van der Waals surface area contributed by atoms with Crippen LogP contribution in [0.1, 0.15) is 17.3 Å². The quantitative estimate of drug-likeness (QED) is 0.830. The lowest BCUT2D eigenvalue weighted by Crippen LogP contribution is -2.30. The van der Waals surface area contributed by atoms with Crippen LogP contribution in [0.15, 0.2) is 18.2 Å². The number of hydrogen-bond donors (Lipinski definition) is 2. The highest BCUT2D eigenvalue weighted by atomic mass is 35.5. The molecule has 0 aromatic heterocycles. The molecule has 0 spiro atoms. The van der Waals surface area contributed by atoms with E-state index in [0.29, 0.717) is 0 Å². The molecule has 0 aliphatic rings. The van der Waals surface area contributed by atoms with Gasteiger partial charge in [-0.25, -0.2) is 4.39 Å². The number of amides is 1. The molecule has 0 saturated carbocycles. The van der Waals surface area contributed by atoms with Gasteiger partial charge in [0, 0.05) is 12.1 Å². The Balaban J connectivity index is 2.70. The summed E-state index contributed by atoms with van der Waals surface area (Å²) in [5.74, 6) is -1.08. The van der Waals surface area contributed by atoms with E-state index in [4.69, 9.17) is 16.7 Å². The molecule has 1 aromatic carbocycles. The first-order chi connectivity index (χ1) is 7.00. The van der Waals surface area contributed by atoms with Gasteiger partial charge in [-0.05, 0) is 25.1 Å². The first-order valence-electron chi connectivity index (χ1n) is 4.42. The first kappa shape index (κ1) is 11.9. The molecular weight excluding hydrogens is 221 g/mol. The van der Waals surface area contributed by atoms with Crippen molar-refractivity contribution < 1.29 is 14.3 Å². The number of nitrogens with one attached hydrogen (secondary N) is 1. The van der Waals surface area contributed by atoms with Crippen LogP contribution in [0.4, 0.5) is 4.39 Å². The van der Waals surface area contributed by atoms with Crippen LogP contribution in [0, 0.1) is 5.82 Å². The summed E-state index contributed by atoms with van der Waals surface area (Å²) in [5.41, 5.74) is 0.178. The van der Waals surface area contributed by atoms with Crippen molar-refractivity contribution in [3.8, 4) is 0 Å². The molecule has 0 aliphatic carbocycles. The van der Waals surface area contributed by atoms with E-state index < -0.39 is 17.8 Å². The lowest BCUT2D eigenvalue weighted by Gasteiger charge is -2.07. The number of rotatable bonds is 3. The number of halogens is 2. The van der Waals surface area contributed by atoms with E-state index in [1.54, 1.807) is 6.92 Å². The van der Waals surface area contributed by atoms with E-state index in [-0.39, 0.29) is 17.1 Å². The molecule has 0 aliphatic heterocycles. The minimum atomic E-state index is -0.638. The van der Waals surface area contributed by atoms with Gasteiger partial charge in [0.05, 0.1) is 11.1 Å². The van der Waals surface area contributed by atoms with Crippen molar-refractivity contribution >= 4 is 17.5 Å². The van der Waals surface area contributed by atoms with Crippen molar-refractivity contribution in [3.05, 3.63) is 34.6 Å². The summed E-state index contributed by atoms with van der Waals surface area (Å²) in [6.45, 7) is 1.67. The first-order valence-corrected chi connectivity index (χ1v) is 4.80. The Morgan fingerprint density at radius 3 is 2.87 bits per heavy atom. The van der Waals surface area contributed by atoms with Crippen LogP contribution >= 0.6 is 11.6 Å². The average Bonchev–Trinajstić information content (AvgIpc) is 2.18. The number of aliphatic hydroxyl groups is 1. The zero-order valence-corrected chi connectivity index (χ0v) is 8.88. The van der Waals surface area contributed by atoms with Crippen LogP contribution in [0.3, 0.4) is 0 Å². The smallest absolute Gasteiger partial charge is 0.251 e. The van der Waals surface area contributed by atoms with E-state index in [1.807, 2.05) is 0 Å². The Morgan fingerprint density at radius 1 is 1.67 bits per heavy atom. The molecule has 0 radical (unpaired) electrons. The van der Waals surface area contributed by atoms with Gasteiger partial charge in [0.15, 0.2) is 0 Å². The summed E-state index contributed by atoms with van der Waals surface area (Å²) >= 11 is 5.47. The summed E-state index contributed by atoms with van der Waals surface area (Å²) in [5, 5.41) is 11.4. The second-order valence-electron chi connectivity index (χ2n) is 3.19. The standard InChI is InChI=1S/C10H11ClFNO2/c1-6(14)5-13-10(15)7-2-3-8(11)9(12)4-7/h2-4,6,14H,5H2,1H3,(H,13,15)/t6-/m0/s1. The molecule has 1 aromatic rings. The van der Waals surface area contributed by atoms with Crippen LogP contribution in [0.5, 0.6) is 0 Å². The summed E-state index contributed by atoms with van der Waals surface area (Å²) in [7, 11) is 0. The molecule has 1 atom stereocenters. The van der Waals surface area contributed by atoms with Gasteiger partial charge in [-0.15, -0.1) is 0 Å². The molecule has 0 saturated heterocycles. The molecular formula is C10H11ClFNO2.